The van der Waals surface area contributed by atoms with Crippen molar-refractivity contribution < 1.29 is 33.4 Å². The molecule has 0 aliphatic carbocycles. The maximum atomic E-state index is 12.6. The molecule has 2 aromatic carbocycles. The molecule has 8 heteroatoms. The van der Waals surface area contributed by atoms with Gasteiger partial charge in [-0.3, -0.25) is 14.5 Å². The van der Waals surface area contributed by atoms with Crippen LogP contribution in [0.3, 0.4) is 0 Å². The number of amides is 2. The fraction of sp³-hybridized carbons (Fsp3) is 0.273. The minimum absolute atomic E-state index is 0.0222. The summed E-state index contributed by atoms with van der Waals surface area (Å²) in [6, 6.07) is 11.3. The molecule has 2 amide bonds. The fourth-order valence-electron chi connectivity index (χ4n) is 3.12. The van der Waals surface area contributed by atoms with E-state index in [0.717, 1.165) is 4.90 Å². The van der Waals surface area contributed by atoms with Crippen LogP contribution in [0.15, 0.2) is 42.5 Å². The number of rotatable bonds is 7. The molecule has 0 spiro atoms. The number of carbonyl (C=O) groups excluding carboxylic acids is 4. The Hall–Kier alpha value is -3.68. The summed E-state index contributed by atoms with van der Waals surface area (Å²) in [5, 5.41) is 0. The Labute approximate surface area is 173 Å². The van der Waals surface area contributed by atoms with E-state index >= 15 is 0 Å². The summed E-state index contributed by atoms with van der Waals surface area (Å²) < 4.78 is 15.2. The molecule has 0 bridgehead atoms. The van der Waals surface area contributed by atoms with Gasteiger partial charge in [0.05, 0.1) is 31.4 Å². The van der Waals surface area contributed by atoms with Gasteiger partial charge >= 0.3 is 11.9 Å². The van der Waals surface area contributed by atoms with Crippen molar-refractivity contribution in [1.82, 2.24) is 4.90 Å². The third kappa shape index (κ3) is 4.03. The van der Waals surface area contributed by atoms with Gasteiger partial charge in [0.25, 0.3) is 11.8 Å². The Kier molecular flexibility index (Phi) is 6.15. The van der Waals surface area contributed by atoms with Gasteiger partial charge in [0.2, 0.25) is 0 Å². The molecule has 0 saturated heterocycles. The second-order valence-corrected chi connectivity index (χ2v) is 6.58. The number of benzene rings is 2. The van der Waals surface area contributed by atoms with E-state index in [-0.39, 0.29) is 17.9 Å². The molecule has 156 valence electrons. The van der Waals surface area contributed by atoms with E-state index in [1.807, 2.05) is 0 Å². The number of fused-ring (bicyclic) bond motifs is 1. The number of methoxy groups -OCH3 is 1. The highest BCUT2D eigenvalue weighted by Crippen LogP contribution is 2.27. The summed E-state index contributed by atoms with van der Waals surface area (Å²) >= 11 is 0. The van der Waals surface area contributed by atoms with Crippen molar-refractivity contribution >= 4 is 23.8 Å². The normalized spacial score (nSPS) is 13.6. The van der Waals surface area contributed by atoms with E-state index in [2.05, 4.69) is 4.74 Å². The Morgan fingerprint density at radius 2 is 1.67 bits per heavy atom. The van der Waals surface area contributed by atoms with E-state index in [4.69, 9.17) is 9.47 Å². The number of hydrogen-bond donors (Lipinski definition) is 0. The monoisotopic (exact) mass is 411 g/mol. The Balaban J connectivity index is 1.86. The van der Waals surface area contributed by atoms with Gasteiger partial charge < -0.3 is 14.2 Å². The van der Waals surface area contributed by atoms with Crippen LogP contribution in [0.5, 0.6) is 5.75 Å². The third-order valence-electron chi connectivity index (χ3n) is 4.60. The zero-order valence-corrected chi connectivity index (χ0v) is 16.8. The first-order valence-electron chi connectivity index (χ1n) is 9.37. The maximum absolute atomic E-state index is 12.6. The first-order chi connectivity index (χ1) is 14.4. The third-order valence-corrected chi connectivity index (χ3v) is 4.60. The van der Waals surface area contributed by atoms with E-state index in [1.54, 1.807) is 43.3 Å². The molecule has 1 heterocycles. The van der Waals surface area contributed by atoms with Crippen molar-refractivity contribution in [2.24, 2.45) is 0 Å². The Bertz CT molecular complexity index is 979. The molecule has 30 heavy (non-hydrogen) atoms. The summed E-state index contributed by atoms with van der Waals surface area (Å²) in [4.78, 5) is 50.5. The lowest BCUT2D eigenvalue weighted by Crippen LogP contribution is -2.29. The standard InChI is InChI=1S/C22H21NO7/c1-4-29-18-10-9-14(11-17(18)22(27)30-13(2)21(26)28-3)12-23-19(24)15-7-5-6-8-16(15)20(23)25/h5-11,13H,4,12H2,1-3H3/t13-/m0/s1. The first kappa shape index (κ1) is 21.0. The van der Waals surface area contributed by atoms with Crippen molar-refractivity contribution in [2.45, 2.75) is 26.5 Å². The minimum Gasteiger partial charge on any atom is -0.493 e. The highest BCUT2D eigenvalue weighted by atomic mass is 16.6. The number of hydrogen-bond acceptors (Lipinski definition) is 7. The van der Waals surface area contributed by atoms with E-state index in [1.165, 1.54) is 20.1 Å². The topological polar surface area (TPSA) is 99.2 Å². The molecule has 0 saturated carbocycles. The van der Waals surface area contributed by atoms with Crippen molar-refractivity contribution in [3.8, 4) is 5.75 Å². The van der Waals surface area contributed by atoms with Crippen LogP contribution in [0.2, 0.25) is 0 Å². The number of ether oxygens (including phenoxy) is 3. The van der Waals surface area contributed by atoms with Gasteiger partial charge in [0, 0.05) is 0 Å². The molecule has 0 aromatic heterocycles. The molecular formula is C22H21NO7. The number of nitrogens with zero attached hydrogens (tertiary/aromatic N) is 1. The average Bonchev–Trinajstić information content (AvgIpc) is 2.99. The highest BCUT2D eigenvalue weighted by Gasteiger charge is 2.35. The van der Waals surface area contributed by atoms with Gasteiger partial charge in [0.1, 0.15) is 11.3 Å². The van der Waals surface area contributed by atoms with Crippen LogP contribution in [-0.2, 0) is 20.8 Å². The molecule has 0 N–H and O–H groups in total. The largest absolute Gasteiger partial charge is 0.493 e. The predicted molar refractivity (Wildman–Crippen MR) is 105 cm³/mol. The summed E-state index contributed by atoms with van der Waals surface area (Å²) in [5.41, 5.74) is 1.31. The molecule has 1 aliphatic heterocycles. The minimum atomic E-state index is -1.10. The van der Waals surface area contributed by atoms with E-state index in [9.17, 15) is 19.2 Å². The molecule has 1 aliphatic rings. The summed E-state index contributed by atoms with van der Waals surface area (Å²) in [6.07, 6.45) is -1.10. The second kappa shape index (κ2) is 8.77. The molecule has 8 nitrogen and oxygen atoms in total. The zero-order chi connectivity index (χ0) is 21.8. The number of esters is 2. The summed E-state index contributed by atoms with van der Waals surface area (Å²) in [6.45, 7) is 3.45. The van der Waals surface area contributed by atoms with Crippen molar-refractivity contribution in [3.63, 3.8) is 0 Å². The smallest absolute Gasteiger partial charge is 0.346 e. The van der Waals surface area contributed by atoms with Crippen LogP contribution in [0.25, 0.3) is 0 Å². The average molecular weight is 411 g/mol. The van der Waals surface area contributed by atoms with Crippen LogP contribution in [0.4, 0.5) is 0 Å². The van der Waals surface area contributed by atoms with Crippen molar-refractivity contribution in [3.05, 3.63) is 64.7 Å². The first-order valence-corrected chi connectivity index (χ1v) is 9.37. The van der Waals surface area contributed by atoms with Crippen LogP contribution < -0.4 is 4.74 Å². The quantitative estimate of drug-likeness (QED) is 0.510. The Morgan fingerprint density at radius 3 is 2.23 bits per heavy atom. The Morgan fingerprint density at radius 1 is 1.03 bits per heavy atom. The van der Waals surface area contributed by atoms with Gasteiger partial charge in [-0.1, -0.05) is 18.2 Å². The van der Waals surface area contributed by atoms with Crippen molar-refractivity contribution in [2.75, 3.05) is 13.7 Å². The second-order valence-electron chi connectivity index (χ2n) is 6.58. The van der Waals surface area contributed by atoms with Crippen LogP contribution in [0.1, 0.15) is 50.5 Å². The van der Waals surface area contributed by atoms with Crippen LogP contribution >= 0.6 is 0 Å². The lowest BCUT2D eigenvalue weighted by Gasteiger charge is -2.17. The highest BCUT2D eigenvalue weighted by molar-refractivity contribution is 6.21. The molecule has 2 aromatic rings. The van der Waals surface area contributed by atoms with Gasteiger partial charge in [-0.25, -0.2) is 9.59 Å². The molecule has 0 unspecified atom stereocenters. The lowest BCUT2D eigenvalue weighted by molar-refractivity contribution is -0.149. The van der Waals surface area contributed by atoms with E-state index < -0.39 is 29.9 Å². The zero-order valence-electron chi connectivity index (χ0n) is 16.8. The molecule has 0 fully saturated rings. The van der Waals surface area contributed by atoms with Gasteiger partial charge in [-0.05, 0) is 43.7 Å². The van der Waals surface area contributed by atoms with Crippen LogP contribution in [0, 0.1) is 0 Å². The SMILES string of the molecule is CCOc1ccc(CN2C(=O)c3ccccc3C2=O)cc1C(=O)O[C@@H](C)C(=O)OC. The number of carbonyl (C=O) groups is 4. The van der Waals surface area contributed by atoms with Gasteiger partial charge in [-0.2, -0.15) is 0 Å². The summed E-state index contributed by atoms with van der Waals surface area (Å²) in [7, 11) is 1.20. The van der Waals surface area contributed by atoms with Crippen molar-refractivity contribution in [1.29, 1.82) is 0 Å². The van der Waals surface area contributed by atoms with Crippen LogP contribution in [-0.4, -0.2) is 48.5 Å². The van der Waals surface area contributed by atoms with Gasteiger partial charge in [0.15, 0.2) is 6.10 Å². The molecular weight excluding hydrogens is 390 g/mol. The lowest BCUT2D eigenvalue weighted by atomic mass is 10.1. The fourth-order valence-corrected chi connectivity index (χ4v) is 3.12. The molecule has 0 radical (unpaired) electrons. The molecule has 3 rings (SSSR count). The number of imide groups is 1. The van der Waals surface area contributed by atoms with Gasteiger partial charge in [-0.15, -0.1) is 0 Å². The summed E-state index contributed by atoms with van der Waals surface area (Å²) in [5.74, 6) is -1.99. The van der Waals surface area contributed by atoms with E-state index in [0.29, 0.717) is 23.3 Å². The molecule has 1 atom stereocenters. The predicted octanol–water partition coefficient (Wildman–Crippen LogP) is 2.60. The maximum Gasteiger partial charge on any atom is 0.346 e.